The van der Waals surface area contributed by atoms with Crippen LogP contribution in [0, 0.1) is 0 Å². The number of ether oxygens (including phenoxy) is 9. The Bertz CT molecular complexity index is 510. The van der Waals surface area contributed by atoms with E-state index in [0.29, 0.717) is 138 Å². The molecular formula is C28H59N3O10. The van der Waals surface area contributed by atoms with Gasteiger partial charge >= 0.3 is 0 Å². The summed E-state index contributed by atoms with van der Waals surface area (Å²) in [6.45, 7) is 11.8. The highest BCUT2D eigenvalue weighted by molar-refractivity contribution is 5.75. The Morgan fingerprint density at radius 2 is 0.854 bits per heavy atom. The molecule has 0 heterocycles. The van der Waals surface area contributed by atoms with Crippen LogP contribution in [0.2, 0.25) is 0 Å². The van der Waals surface area contributed by atoms with Crippen LogP contribution in [0.3, 0.4) is 0 Å². The van der Waals surface area contributed by atoms with Crippen molar-refractivity contribution in [2.75, 3.05) is 146 Å². The second-order valence-electron chi connectivity index (χ2n) is 8.92. The standard InChI is InChI=1S/C28H59N3O10/c1-30-8-4-2-3-6-28(32)31-9-13-36-17-21-40-25-27-41-26-23-38-19-15-34-11-5-10-33-14-18-37-22-24-39-20-16-35-12-7-29/h30H,2-27,29H2,1H3,(H,31,32). The molecule has 0 aliphatic heterocycles. The molecule has 0 aromatic rings. The largest absolute Gasteiger partial charge is 0.379 e. The molecule has 0 saturated carbocycles. The average Bonchev–Trinajstić information content (AvgIpc) is 2.98. The van der Waals surface area contributed by atoms with E-state index in [1.54, 1.807) is 0 Å². The molecule has 0 aliphatic rings. The van der Waals surface area contributed by atoms with Gasteiger partial charge in [-0.1, -0.05) is 6.42 Å². The Labute approximate surface area is 247 Å². The molecule has 0 spiro atoms. The summed E-state index contributed by atoms with van der Waals surface area (Å²) in [5, 5.41) is 5.97. The van der Waals surface area contributed by atoms with E-state index in [9.17, 15) is 4.79 Å². The lowest BCUT2D eigenvalue weighted by Crippen LogP contribution is -2.27. The highest BCUT2D eigenvalue weighted by Gasteiger charge is 2.00. The number of carbonyl (C=O) groups is 1. The molecule has 0 rings (SSSR count). The second-order valence-corrected chi connectivity index (χ2v) is 8.92. The van der Waals surface area contributed by atoms with Crippen molar-refractivity contribution in [3.05, 3.63) is 0 Å². The van der Waals surface area contributed by atoms with Gasteiger partial charge in [0, 0.05) is 32.7 Å². The summed E-state index contributed by atoms with van der Waals surface area (Å²) in [7, 11) is 1.94. The van der Waals surface area contributed by atoms with Crippen LogP contribution in [0.25, 0.3) is 0 Å². The van der Waals surface area contributed by atoms with Gasteiger partial charge in [-0.2, -0.15) is 0 Å². The van der Waals surface area contributed by atoms with Crippen LogP contribution in [0.4, 0.5) is 0 Å². The SMILES string of the molecule is CNCCCCCC(=O)NCCOCCOCCOCCOCCOCCCOCCOCCOCCOCCN. The van der Waals surface area contributed by atoms with E-state index in [0.717, 1.165) is 32.2 Å². The molecule has 0 atom stereocenters. The predicted octanol–water partition coefficient (Wildman–Crippen LogP) is 0.381. The molecule has 1 amide bonds. The van der Waals surface area contributed by atoms with Crippen molar-refractivity contribution in [3.63, 3.8) is 0 Å². The van der Waals surface area contributed by atoms with Gasteiger partial charge in [0.05, 0.1) is 106 Å². The van der Waals surface area contributed by atoms with Crippen LogP contribution in [-0.2, 0) is 47.4 Å². The summed E-state index contributed by atoms with van der Waals surface area (Å²) < 4.78 is 48.9. The lowest BCUT2D eigenvalue weighted by molar-refractivity contribution is -0.121. The zero-order valence-electron chi connectivity index (χ0n) is 25.5. The fourth-order valence-electron chi connectivity index (χ4n) is 3.21. The highest BCUT2D eigenvalue weighted by Crippen LogP contribution is 1.98. The van der Waals surface area contributed by atoms with E-state index in [2.05, 4.69) is 10.6 Å². The van der Waals surface area contributed by atoms with Crippen molar-refractivity contribution < 1.29 is 47.4 Å². The topological polar surface area (TPSA) is 150 Å². The van der Waals surface area contributed by atoms with E-state index >= 15 is 0 Å². The third-order valence-electron chi connectivity index (χ3n) is 5.34. The maximum atomic E-state index is 11.7. The maximum Gasteiger partial charge on any atom is 0.220 e. The summed E-state index contributed by atoms with van der Waals surface area (Å²) in [6.07, 6.45) is 4.49. The van der Waals surface area contributed by atoms with Crippen LogP contribution in [0.5, 0.6) is 0 Å². The van der Waals surface area contributed by atoms with Gasteiger partial charge in [-0.3, -0.25) is 4.79 Å². The van der Waals surface area contributed by atoms with Gasteiger partial charge in [0.1, 0.15) is 0 Å². The van der Waals surface area contributed by atoms with Gasteiger partial charge in [0.15, 0.2) is 0 Å². The van der Waals surface area contributed by atoms with E-state index in [4.69, 9.17) is 48.4 Å². The highest BCUT2D eigenvalue weighted by atomic mass is 16.6. The zero-order valence-corrected chi connectivity index (χ0v) is 25.5. The van der Waals surface area contributed by atoms with Crippen molar-refractivity contribution in [1.82, 2.24) is 10.6 Å². The normalized spacial score (nSPS) is 11.4. The molecule has 0 saturated heterocycles. The van der Waals surface area contributed by atoms with Crippen molar-refractivity contribution in [2.24, 2.45) is 5.73 Å². The fourth-order valence-corrected chi connectivity index (χ4v) is 3.21. The number of hydrogen-bond donors (Lipinski definition) is 3. The molecule has 13 nitrogen and oxygen atoms in total. The Morgan fingerprint density at radius 3 is 1.27 bits per heavy atom. The Kier molecular flexibility index (Phi) is 36.2. The minimum absolute atomic E-state index is 0.0854. The van der Waals surface area contributed by atoms with E-state index in [1.807, 2.05) is 7.05 Å². The number of rotatable bonds is 36. The van der Waals surface area contributed by atoms with Crippen molar-refractivity contribution >= 4 is 5.91 Å². The molecule has 0 aliphatic carbocycles. The van der Waals surface area contributed by atoms with Gasteiger partial charge in [0.25, 0.3) is 0 Å². The number of hydrogen-bond acceptors (Lipinski definition) is 12. The minimum Gasteiger partial charge on any atom is -0.379 e. The summed E-state index contributed by atoms with van der Waals surface area (Å²) in [5.41, 5.74) is 5.33. The third kappa shape index (κ3) is 37.0. The molecule has 0 aromatic heterocycles. The Morgan fingerprint density at radius 1 is 0.463 bits per heavy atom. The van der Waals surface area contributed by atoms with Gasteiger partial charge in [0.2, 0.25) is 5.91 Å². The monoisotopic (exact) mass is 597 g/mol. The Balaban J connectivity index is 3.08. The molecule has 0 radical (unpaired) electrons. The van der Waals surface area contributed by atoms with Crippen LogP contribution in [0.15, 0.2) is 0 Å². The summed E-state index contributed by atoms with van der Waals surface area (Å²) in [4.78, 5) is 11.7. The number of amides is 1. The van der Waals surface area contributed by atoms with Crippen LogP contribution >= 0.6 is 0 Å². The minimum atomic E-state index is 0.0854. The first-order valence-corrected chi connectivity index (χ1v) is 15.1. The number of unbranched alkanes of at least 4 members (excludes halogenated alkanes) is 2. The van der Waals surface area contributed by atoms with Gasteiger partial charge in [-0.15, -0.1) is 0 Å². The lowest BCUT2D eigenvalue weighted by atomic mass is 10.2. The Hall–Kier alpha value is -0.970. The van der Waals surface area contributed by atoms with Crippen LogP contribution in [0.1, 0.15) is 32.1 Å². The summed E-state index contributed by atoms with van der Waals surface area (Å²) in [6, 6.07) is 0. The quantitative estimate of drug-likeness (QED) is 0.0857. The molecule has 0 bridgehead atoms. The second kappa shape index (κ2) is 37.1. The third-order valence-corrected chi connectivity index (χ3v) is 5.34. The fraction of sp³-hybridized carbons (Fsp3) is 0.964. The van der Waals surface area contributed by atoms with Gasteiger partial charge in [-0.05, 0) is 32.9 Å². The molecule has 4 N–H and O–H groups in total. The maximum absolute atomic E-state index is 11.7. The smallest absolute Gasteiger partial charge is 0.220 e. The van der Waals surface area contributed by atoms with E-state index in [1.165, 1.54) is 0 Å². The van der Waals surface area contributed by atoms with Gasteiger partial charge in [-0.25, -0.2) is 0 Å². The van der Waals surface area contributed by atoms with Crippen molar-refractivity contribution in [2.45, 2.75) is 32.1 Å². The number of nitrogens with two attached hydrogens (primary N) is 1. The molecule has 0 fully saturated rings. The van der Waals surface area contributed by atoms with Crippen LogP contribution < -0.4 is 16.4 Å². The zero-order chi connectivity index (χ0) is 29.7. The molecule has 13 heteroatoms. The van der Waals surface area contributed by atoms with Crippen molar-refractivity contribution in [3.8, 4) is 0 Å². The summed E-state index contributed by atoms with van der Waals surface area (Å²) >= 11 is 0. The number of carbonyl (C=O) groups excluding carboxylic acids is 1. The lowest BCUT2D eigenvalue weighted by Gasteiger charge is -2.09. The molecular weight excluding hydrogens is 538 g/mol. The summed E-state index contributed by atoms with van der Waals surface area (Å²) in [5.74, 6) is 0.0854. The predicted molar refractivity (Wildman–Crippen MR) is 156 cm³/mol. The van der Waals surface area contributed by atoms with E-state index in [-0.39, 0.29) is 5.91 Å². The van der Waals surface area contributed by atoms with Crippen LogP contribution in [-0.4, -0.2) is 152 Å². The first-order valence-electron chi connectivity index (χ1n) is 15.1. The average molecular weight is 598 g/mol. The molecule has 246 valence electrons. The van der Waals surface area contributed by atoms with Crippen molar-refractivity contribution in [1.29, 1.82) is 0 Å². The first kappa shape index (κ1) is 40.0. The van der Waals surface area contributed by atoms with Gasteiger partial charge < -0.3 is 59.0 Å². The molecule has 41 heavy (non-hydrogen) atoms. The number of nitrogens with one attached hydrogen (secondary N) is 2. The first-order chi connectivity index (χ1) is 20.3. The molecule has 0 aromatic carbocycles. The molecule has 0 unspecified atom stereocenters. The van der Waals surface area contributed by atoms with E-state index < -0.39 is 0 Å².